The Bertz CT molecular complexity index is 513. The van der Waals surface area contributed by atoms with Crippen molar-refractivity contribution in [3.8, 4) is 5.75 Å². The zero-order valence-corrected chi connectivity index (χ0v) is 15.4. The predicted molar refractivity (Wildman–Crippen MR) is 98.6 cm³/mol. The Kier molecular flexibility index (Phi) is 8.18. The Labute approximate surface area is 150 Å². The summed E-state index contributed by atoms with van der Waals surface area (Å²) in [6.07, 6.45) is 2.29. The number of likely N-dealkylation sites (N-methyl/N-ethyl adjacent to an activating group) is 1. The van der Waals surface area contributed by atoms with Gasteiger partial charge in [0.15, 0.2) is 6.61 Å². The molecule has 1 fully saturated rings. The minimum Gasteiger partial charge on any atom is -0.484 e. The van der Waals surface area contributed by atoms with Crippen LogP contribution in [-0.4, -0.2) is 73.3 Å². The van der Waals surface area contributed by atoms with E-state index in [4.69, 9.17) is 4.74 Å². The quantitative estimate of drug-likeness (QED) is 0.699. The Morgan fingerprint density at radius 3 is 2.60 bits per heavy atom. The predicted octanol–water partition coefficient (Wildman–Crippen LogP) is 1.09. The molecular weight excluding hydrogens is 318 g/mol. The van der Waals surface area contributed by atoms with Gasteiger partial charge in [-0.1, -0.05) is 12.1 Å². The van der Waals surface area contributed by atoms with Crippen LogP contribution in [0.4, 0.5) is 0 Å². The van der Waals surface area contributed by atoms with Crippen molar-refractivity contribution < 1.29 is 14.6 Å². The van der Waals surface area contributed by atoms with Crippen LogP contribution in [0.2, 0.25) is 0 Å². The van der Waals surface area contributed by atoms with Gasteiger partial charge in [0.1, 0.15) is 5.75 Å². The van der Waals surface area contributed by atoms with Crippen LogP contribution in [0.3, 0.4) is 0 Å². The number of ether oxygens (including phenoxy) is 1. The smallest absolute Gasteiger partial charge is 0.257 e. The standard InChI is InChI=1S/C19H31N3O3/c1-3-20-19(24)15-25-18-6-4-16(5-7-18)14-22(12-13-23)17-8-10-21(2)11-9-17/h4-7,17,23H,3,8-15H2,1-2H3,(H,20,24). The van der Waals surface area contributed by atoms with Gasteiger partial charge < -0.3 is 20.1 Å². The number of nitrogens with zero attached hydrogens (tertiary/aromatic N) is 2. The van der Waals surface area contributed by atoms with Crippen LogP contribution in [0, 0.1) is 0 Å². The summed E-state index contributed by atoms with van der Waals surface area (Å²) >= 11 is 0. The van der Waals surface area contributed by atoms with Gasteiger partial charge in [-0.2, -0.15) is 0 Å². The fourth-order valence-electron chi connectivity index (χ4n) is 3.20. The molecule has 0 atom stereocenters. The first-order valence-corrected chi connectivity index (χ1v) is 9.14. The van der Waals surface area contributed by atoms with E-state index in [0.717, 1.165) is 32.5 Å². The molecule has 1 amide bonds. The van der Waals surface area contributed by atoms with E-state index in [0.29, 0.717) is 24.9 Å². The Hall–Kier alpha value is -1.63. The molecule has 0 unspecified atom stereocenters. The second-order valence-electron chi connectivity index (χ2n) is 6.61. The van der Waals surface area contributed by atoms with E-state index in [2.05, 4.69) is 22.2 Å². The van der Waals surface area contributed by atoms with E-state index >= 15 is 0 Å². The van der Waals surface area contributed by atoms with Crippen molar-refractivity contribution in [2.24, 2.45) is 0 Å². The normalized spacial score (nSPS) is 16.2. The lowest BCUT2D eigenvalue weighted by atomic mass is 10.0. The van der Waals surface area contributed by atoms with E-state index in [9.17, 15) is 9.90 Å². The number of aliphatic hydroxyl groups is 1. The number of rotatable bonds is 9. The van der Waals surface area contributed by atoms with E-state index in [1.54, 1.807) is 0 Å². The molecule has 1 saturated heterocycles. The van der Waals surface area contributed by atoms with Crippen LogP contribution in [0.15, 0.2) is 24.3 Å². The maximum absolute atomic E-state index is 11.4. The molecule has 6 heteroatoms. The van der Waals surface area contributed by atoms with Crippen LogP contribution < -0.4 is 10.1 Å². The largest absolute Gasteiger partial charge is 0.484 e. The third-order valence-corrected chi connectivity index (χ3v) is 4.64. The number of amides is 1. The van der Waals surface area contributed by atoms with Gasteiger partial charge in [0.25, 0.3) is 5.91 Å². The van der Waals surface area contributed by atoms with E-state index < -0.39 is 0 Å². The fourth-order valence-corrected chi connectivity index (χ4v) is 3.20. The molecule has 1 aromatic carbocycles. The van der Waals surface area contributed by atoms with Crippen molar-refractivity contribution in [3.05, 3.63) is 29.8 Å². The number of piperidine rings is 1. The summed E-state index contributed by atoms with van der Waals surface area (Å²) in [5, 5.41) is 12.1. The molecule has 0 aromatic heterocycles. The summed E-state index contributed by atoms with van der Waals surface area (Å²) in [5.41, 5.74) is 1.19. The molecule has 140 valence electrons. The highest BCUT2D eigenvalue weighted by Crippen LogP contribution is 2.19. The summed E-state index contributed by atoms with van der Waals surface area (Å²) in [6.45, 7) is 6.46. The molecule has 1 aliphatic rings. The number of hydrogen-bond donors (Lipinski definition) is 2. The van der Waals surface area contributed by atoms with Crippen molar-refractivity contribution in [2.45, 2.75) is 32.4 Å². The van der Waals surface area contributed by atoms with Crippen LogP contribution in [0.1, 0.15) is 25.3 Å². The summed E-state index contributed by atoms with van der Waals surface area (Å²) in [4.78, 5) is 16.2. The molecule has 0 spiro atoms. The molecular formula is C19H31N3O3. The van der Waals surface area contributed by atoms with Gasteiger partial charge in [0.2, 0.25) is 0 Å². The number of aliphatic hydroxyl groups excluding tert-OH is 1. The van der Waals surface area contributed by atoms with Crippen molar-refractivity contribution in [2.75, 3.05) is 46.4 Å². The number of likely N-dealkylation sites (tertiary alicyclic amines) is 1. The maximum atomic E-state index is 11.4. The zero-order chi connectivity index (χ0) is 18.1. The highest BCUT2D eigenvalue weighted by atomic mass is 16.5. The average molecular weight is 349 g/mol. The Morgan fingerprint density at radius 1 is 1.32 bits per heavy atom. The van der Waals surface area contributed by atoms with Gasteiger partial charge in [0.05, 0.1) is 6.61 Å². The van der Waals surface area contributed by atoms with Gasteiger partial charge in [-0.15, -0.1) is 0 Å². The van der Waals surface area contributed by atoms with E-state index in [1.807, 2.05) is 31.2 Å². The number of hydrogen-bond acceptors (Lipinski definition) is 5. The third-order valence-electron chi connectivity index (χ3n) is 4.64. The maximum Gasteiger partial charge on any atom is 0.257 e. The molecule has 1 heterocycles. The summed E-state index contributed by atoms with van der Waals surface area (Å²) in [5.74, 6) is 0.589. The minimum atomic E-state index is -0.108. The van der Waals surface area contributed by atoms with Crippen molar-refractivity contribution in [1.82, 2.24) is 15.1 Å². The average Bonchev–Trinajstić information content (AvgIpc) is 2.62. The Morgan fingerprint density at radius 2 is 2.00 bits per heavy atom. The molecule has 0 saturated carbocycles. The highest BCUT2D eigenvalue weighted by molar-refractivity contribution is 5.77. The SMILES string of the molecule is CCNC(=O)COc1ccc(CN(CCO)C2CCN(C)CC2)cc1. The molecule has 25 heavy (non-hydrogen) atoms. The lowest BCUT2D eigenvalue weighted by molar-refractivity contribution is -0.122. The second-order valence-corrected chi connectivity index (χ2v) is 6.61. The Balaban J connectivity index is 1.87. The first-order valence-electron chi connectivity index (χ1n) is 9.14. The van der Waals surface area contributed by atoms with Gasteiger partial charge in [-0.3, -0.25) is 9.69 Å². The van der Waals surface area contributed by atoms with E-state index in [1.165, 1.54) is 5.56 Å². The number of carbonyl (C=O) groups excluding carboxylic acids is 1. The van der Waals surface area contributed by atoms with Crippen molar-refractivity contribution in [1.29, 1.82) is 0 Å². The first kappa shape index (κ1) is 19.7. The lowest BCUT2D eigenvalue weighted by Crippen LogP contribution is -2.44. The van der Waals surface area contributed by atoms with Gasteiger partial charge in [-0.25, -0.2) is 0 Å². The van der Waals surface area contributed by atoms with Crippen molar-refractivity contribution >= 4 is 5.91 Å². The molecule has 0 radical (unpaired) electrons. The number of carbonyl (C=O) groups is 1. The van der Waals surface area contributed by atoms with Crippen LogP contribution in [0.5, 0.6) is 5.75 Å². The minimum absolute atomic E-state index is 0.0411. The monoisotopic (exact) mass is 349 g/mol. The molecule has 2 rings (SSSR count). The first-order chi connectivity index (χ1) is 12.1. The lowest BCUT2D eigenvalue weighted by Gasteiger charge is -2.37. The van der Waals surface area contributed by atoms with Gasteiger partial charge in [0, 0.05) is 25.7 Å². The van der Waals surface area contributed by atoms with Gasteiger partial charge in [-0.05, 0) is 57.6 Å². The number of benzene rings is 1. The summed E-state index contributed by atoms with van der Waals surface area (Å²) in [7, 11) is 2.16. The summed E-state index contributed by atoms with van der Waals surface area (Å²) in [6, 6.07) is 8.40. The topological polar surface area (TPSA) is 65.0 Å². The van der Waals surface area contributed by atoms with Gasteiger partial charge >= 0.3 is 0 Å². The van der Waals surface area contributed by atoms with Crippen LogP contribution in [0.25, 0.3) is 0 Å². The van der Waals surface area contributed by atoms with Crippen LogP contribution in [-0.2, 0) is 11.3 Å². The van der Waals surface area contributed by atoms with Crippen LogP contribution >= 0.6 is 0 Å². The summed E-state index contributed by atoms with van der Waals surface area (Å²) < 4.78 is 5.48. The fraction of sp³-hybridized carbons (Fsp3) is 0.632. The molecule has 1 aliphatic heterocycles. The number of nitrogens with one attached hydrogen (secondary N) is 1. The molecule has 6 nitrogen and oxygen atoms in total. The zero-order valence-electron chi connectivity index (χ0n) is 15.4. The molecule has 2 N–H and O–H groups in total. The molecule has 1 aromatic rings. The third kappa shape index (κ3) is 6.65. The molecule has 0 bridgehead atoms. The molecule has 0 aliphatic carbocycles. The van der Waals surface area contributed by atoms with E-state index in [-0.39, 0.29) is 19.1 Å². The van der Waals surface area contributed by atoms with Crippen molar-refractivity contribution in [3.63, 3.8) is 0 Å². The second kappa shape index (κ2) is 10.4. The highest BCUT2D eigenvalue weighted by Gasteiger charge is 2.22.